The molecule has 0 fully saturated rings. The molecule has 0 heterocycles. The molecule has 0 amide bonds. The molecule has 0 aliphatic rings. The summed E-state index contributed by atoms with van der Waals surface area (Å²) < 4.78 is 6.60. The Morgan fingerprint density at radius 1 is 1.38 bits per heavy atom. The minimum absolute atomic E-state index is 0.587. The summed E-state index contributed by atoms with van der Waals surface area (Å²) in [5, 5.41) is 0.646. The topological polar surface area (TPSA) is 9.23 Å². The first-order valence-electron chi connectivity index (χ1n) is 5.27. The molecule has 1 aromatic rings. The van der Waals surface area contributed by atoms with Gasteiger partial charge in [-0.15, -0.1) is 11.6 Å². The Bertz CT molecular complexity index is 331. The largest absolute Gasteiger partial charge is 0.492 e. The summed E-state index contributed by atoms with van der Waals surface area (Å²) in [6.07, 6.45) is 2.02. The average molecular weight is 326 g/mol. The third-order valence-corrected chi connectivity index (χ3v) is 3.39. The fourth-order valence-corrected chi connectivity index (χ4v) is 2.17. The van der Waals surface area contributed by atoms with Gasteiger partial charge in [0, 0.05) is 10.4 Å². The molecule has 0 spiro atoms. The lowest BCUT2D eigenvalue weighted by Crippen LogP contribution is -2.05. The molecule has 1 rings (SSSR count). The molecule has 90 valence electrons. The number of halogens is 3. The monoisotopic (exact) mass is 324 g/mol. The van der Waals surface area contributed by atoms with E-state index in [1.165, 1.54) is 0 Å². The SMILES string of the molecule is CC(CCCl)CCOc1cc(Br)ccc1Cl. The minimum atomic E-state index is 0.587. The second-order valence-corrected chi connectivity index (χ2v) is 5.50. The molecular formula is C12H15BrCl2O. The van der Waals surface area contributed by atoms with Gasteiger partial charge in [0.1, 0.15) is 5.75 Å². The molecule has 4 heteroatoms. The number of benzene rings is 1. The van der Waals surface area contributed by atoms with Crippen LogP contribution >= 0.6 is 39.1 Å². The highest BCUT2D eigenvalue weighted by Crippen LogP contribution is 2.28. The second kappa shape index (κ2) is 7.41. The maximum Gasteiger partial charge on any atom is 0.139 e. The van der Waals surface area contributed by atoms with E-state index < -0.39 is 0 Å². The van der Waals surface area contributed by atoms with Crippen LogP contribution in [-0.4, -0.2) is 12.5 Å². The highest BCUT2D eigenvalue weighted by molar-refractivity contribution is 9.10. The Morgan fingerprint density at radius 2 is 2.12 bits per heavy atom. The lowest BCUT2D eigenvalue weighted by molar-refractivity contribution is 0.282. The van der Waals surface area contributed by atoms with Gasteiger partial charge in [-0.05, 0) is 37.0 Å². The molecule has 0 saturated carbocycles. The van der Waals surface area contributed by atoms with Gasteiger partial charge in [-0.1, -0.05) is 34.5 Å². The molecule has 0 aliphatic heterocycles. The molecule has 0 N–H and O–H groups in total. The van der Waals surface area contributed by atoms with E-state index in [2.05, 4.69) is 22.9 Å². The van der Waals surface area contributed by atoms with Crippen molar-refractivity contribution in [3.05, 3.63) is 27.7 Å². The van der Waals surface area contributed by atoms with Crippen LogP contribution in [0.25, 0.3) is 0 Å². The van der Waals surface area contributed by atoms with Gasteiger partial charge < -0.3 is 4.74 Å². The van der Waals surface area contributed by atoms with Crippen molar-refractivity contribution < 1.29 is 4.74 Å². The molecule has 0 aliphatic carbocycles. The van der Waals surface area contributed by atoms with Crippen molar-refractivity contribution in [2.45, 2.75) is 19.8 Å². The molecule has 0 radical (unpaired) electrons. The second-order valence-electron chi connectivity index (χ2n) is 3.79. The van der Waals surface area contributed by atoms with Gasteiger partial charge in [0.05, 0.1) is 11.6 Å². The molecule has 0 aromatic heterocycles. The Balaban J connectivity index is 2.39. The molecule has 0 saturated heterocycles. The minimum Gasteiger partial charge on any atom is -0.492 e. The van der Waals surface area contributed by atoms with Gasteiger partial charge in [-0.3, -0.25) is 0 Å². The standard InChI is InChI=1S/C12H15BrCl2O/c1-9(4-6-14)5-7-16-12-8-10(13)2-3-11(12)15/h2-3,8-9H,4-7H2,1H3. The number of hydrogen-bond donors (Lipinski definition) is 0. The van der Waals surface area contributed by atoms with E-state index in [0.717, 1.165) is 23.1 Å². The predicted octanol–water partition coefficient (Wildman–Crippen LogP) is 5.14. The van der Waals surface area contributed by atoms with Crippen molar-refractivity contribution >= 4 is 39.1 Å². The van der Waals surface area contributed by atoms with Crippen LogP contribution in [0.15, 0.2) is 22.7 Å². The fourth-order valence-electron chi connectivity index (χ4n) is 1.29. The van der Waals surface area contributed by atoms with Crippen molar-refractivity contribution in [1.82, 2.24) is 0 Å². The van der Waals surface area contributed by atoms with Gasteiger partial charge in [0.2, 0.25) is 0 Å². The van der Waals surface area contributed by atoms with E-state index in [4.69, 9.17) is 27.9 Å². The maximum atomic E-state index is 6.01. The zero-order chi connectivity index (χ0) is 12.0. The summed E-state index contributed by atoms with van der Waals surface area (Å²) in [6.45, 7) is 2.85. The highest BCUT2D eigenvalue weighted by Gasteiger charge is 2.04. The van der Waals surface area contributed by atoms with Crippen molar-refractivity contribution in [3.8, 4) is 5.75 Å². The number of hydrogen-bond acceptors (Lipinski definition) is 1. The van der Waals surface area contributed by atoms with Gasteiger partial charge in [-0.2, -0.15) is 0 Å². The number of rotatable bonds is 6. The van der Waals surface area contributed by atoms with Crippen molar-refractivity contribution in [2.24, 2.45) is 5.92 Å². The fraction of sp³-hybridized carbons (Fsp3) is 0.500. The summed E-state index contributed by atoms with van der Waals surface area (Å²) in [6, 6.07) is 5.60. The van der Waals surface area contributed by atoms with Gasteiger partial charge in [-0.25, -0.2) is 0 Å². The zero-order valence-electron chi connectivity index (χ0n) is 9.18. The van der Waals surface area contributed by atoms with Gasteiger partial charge >= 0.3 is 0 Å². The summed E-state index contributed by atoms with van der Waals surface area (Å²) in [4.78, 5) is 0. The molecule has 1 nitrogen and oxygen atoms in total. The normalized spacial score (nSPS) is 12.5. The van der Waals surface area contributed by atoms with E-state index in [0.29, 0.717) is 23.4 Å². The molecule has 1 aromatic carbocycles. The highest BCUT2D eigenvalue weighted by atomic mass is 79.9. The lowest BCUT2D eigenvalue weighted by Gasteiger charge is -2.12. The van der Waals surface area contributed by atoms with Gasteiger partial charge in [0.25, 0.3) is 0 Å². The molecule has 0 bridgehead atoms. The summed E-state index contributed by atoms with van der Waals surface area (Å²) in [5.41, 5.74) is 0. The third-order valence-electron chi connectivity index (χ3n) is 2.36. The van der Waals surface area contributed by atoms with Gasteiger partial charge in [0.15, 0.2) is 0 Å². The van der Waals surface area contributed by atoms with Crippen LogP contribution in [0.2, 0.25) is 5.02 Å². The van der Waals surface area contributed by atoms with Crippen LogP contribution in [-0.2, 0) is 0 Å². The quantitative estimate of drug-likeness (QED) is 0.658. The van der Waals surface area contributed by atoms with Crippen LogP contribution in [0, 0.1) is 5.92 Å². The first-order valence-corrected chi connectivity index (χ1v) is 6.98. The summed E-state index contributed by atoms with van der Waals surface area (Å²) in [5.74, 6) is 2.02. The van der Waals surface area contributed by atoms with E-state index in [1.807, 2.05) is 18.2 Å². The lowest BCUT2D eigenvalue weighted by atomic mass is 10.1. The maximum absolute atomic E-state index is 6.01. The van der Waals surface area contributed by atoms with Crippen molar-refractivity contribution in [3.63, 3.8) is 0 Å². The van der Waals surface area contributed by atoms with E-state index >= 15 is 0 Å². The van der Waals surface area contributed by atoms with E-state index in [1.54, 1.807) is 0 Å². The Morgan fingerprint density at radius 3 is 2.81 bits per heavy atom. The third kappa shape index (κ3) is 4.94. The van der Waals surface area contributed by atoms with Crippen LogP contribution in [0.1, 0.15) is 19.8 Å². The smallest absolute Gasteiger partial charge is 0.139 e. The van der Waals surface area contributed by atoms with Crippen molar-refractivity contribution in [1.29, 1.82) is 0 Å². The molecule has 1 atom stereocenters. The Kier molecular flexibility index (Phi) is 6.55. The summed E-state index contributed by atoms with van der Waals surface area (Å²) in [7, 11) is 0. The predicted molar refractivity (Wildman–Crippen MR) is 73.8 cm³/mol. The van der Waals surface area contributed by atoms with Crippen LogP contribution in [0.4, 0.5) is 0 Å². The number of alkyl halides is 1. The number of ether oxygens (including phenoxy) is 1. The molecule has 1 unspecified atom stereocenters. The van der Waals surface area contributed by atoms with E-state index in [-0.39, 0.29) is 0 Å². The molecular weight excluding hydrogens is 311 g/mol. The van der Waals surface area contributed by atoms with Crippen LogP contribution in [0.5, 0.6) is 5.75 Å². The van der Waals surface area contributed by atoms with Crippen LogP contribution in [0.3, 0.4) is 0 Å². The zero-order valence-corrected chi connectivity index (χ0v) is 12.3. The Labute approximate surface area is 115 Å². The van der Waals surface area contributed by atoms with Crippen molar-refractivity contribution in [2.75, 3.05) is 12.5 Å². The average Bonchev–Trinajstić information content (AvgIpc) is 2.23. The summed E-state index contributed by atoms with van der Waals surface area (Å²) >= 11 is 15.1. The first-order chi connectivity index (χ1) is 7.63. The van der Waals surface area contributed by atoms with Crippen LogP contribution < -0.4 is 4.74 Å². The molecule has 16 heavy (non-hydrogen) atoms. The van der Waals surface area contributed by atoms with E-state index in [9.17, 15) is 0 Å². The first kappa shape index (κ1) is 14.1. The Hall–Kier alpha value is 0.0800.